The second-order valence-corrected chi connectivity index (χ2v) is 3.36. The van der Waals surface area contributed by atoms with E-state index in [2.05, 4.69) is 15.1 Å². The molecule has 0 radical (unpaired) electrons. The van der Waals surface area contributed by atoms with Crippen LogP contribution < -0.4 is 0 Å². The van der Waals surface area contributed by atoms with Crippen LogP contribution in [0.5, 0.6) is 0 Å². The molecule has 2 heterocycles. The molecule has 1 aliphatic rings. The molecule has 1 N–H and O–H groups in total. The molecule has 1 saturated heterocycles. The summed E-state index contributed by atoms with van der Waals surface area (Å²) in [6, 6.07) is 0. The van der Waals surface area contributed by atoms with Gasteiger partial charge in [0, 0.05) is 0 Å². The molecule has 4 nitrogen and oxygen atoms in total. The zero-order valence-electron chi connectivity index (χ0n) is 6.75. The first kappa shape index (κ1) is 7.94. The lowest BCUT2D eigenvalue weighted by Gasteiger charge is -2.09. The van der Waals surface area contributed by atoms with Crippen LogP contribution in [0.3, 0.4) is 0 Å². The minimum atomic E-state index is 0.365. The molecular weight excluding hydrogens is 174 g/mol. The van der Waals surface area contributed by atoms with E-state index >= 15 is 0 Å². The van der Waals surface area contributed by atoms with Crippen LogP contribution in [0.4, 0.5) is 0 Å². The third-order valence-corrected chi connectivity index (χ3v) is 2.21. The molecule has 1 aromatic rings. The molecule has 0 bridgehead atoms. The summed E-state index contributed by atoms with van der Waals surface area (Å²) in [5.41, 5.74) is 0. The van der Waals surface area contributed by atoms with E-state index < -0.39 is 0 Å². The fourth-order valence-corrected chi connectivity index (χ4v) is 1.60. The van der Waals surface area contributed by atoms with E-state index in [1.807, 2.05) is 0 Å². The highest BCUT2D eigenvalue weighted by Crippen LogP contribution is 2.10. The average molecular weight is 185 g/mol. The number of nitrogens with zero attached hydrogens (tertiary/aromatic N) is 2. The zero-order chi connectivity index (χ0) is 8.39. The lowest BCUT2D eigenvalue weighted by molar-refractivity contribution is 0.289. The maximum absolute atomic E-state index is 5.15. The monoisotopic (exact) mass is 185 g/mol. The molecule has 0 saturated carbocycles. The third kappa shape index (κ3) is 1.73. The van der Waals surface area contributed by atoms with Gasteiger partial charge < -0.3 is 4.42 Å². The van der Waals surface area contributed by atoms with Gasteiger partial charge in [0.15, 0.2) is 0 Å². The normalized spacial score (nSPS) is 18.7. The summed E-state index contributed by atoms with van der Waals surface area (Å²) in [5.74, 6) is 0.696. The van der Waals surface area contributed by atoms with E-state index in [-0.39, 0.29) is 0 Å². The number of H-pyrrole nitrogens is 1. The number of likely N-dealkylation sites (tertiary alicyclic amines) is 1. The number of aromatic amines is 1. The first-order valence-electron chi connectivity index (χ1n) is 4.11. The Kier molecular flexibility index (Phi) is 2.23. The number of hydrogen-bond donors (Lipinski definition) is 1. The van der Waals surface area contributed by atoms with E-state index in [9.17, 15) is 0 Å². The van der Waals surface area contributed by atoms with Crippen LogP contribution >= 0.6 is 12.2 Å². The molecule has 0 aromatic carbocycles. The van der Waals surface area contributed by atoms with Crippen molar-refractivity contribution in [3.63, 3.8) is 0 Å². The Morgan fingerprint density at radius 2 is 2.25 bits per heavy atom. The number of aromatic nitrogens is 2. The molecule has 2 rings (SSSR count). The van der Waals surface area contributed by atoms with Gasteiger partial charge in [-0.25, -0.2) is 5.10 Å². The lowest BCUT2D eigenvalue weighted by atomic mass is 10.4. The van der Waals surface area contributed by atoms with Gasteiger partial charge >= 0.3 is 0 Å². The van der Waals surface area contributed by atoms with Gasteiger partial charge in [0.1, 0.15) is 0 Å². The topological polar surface area (TPSA) is 45.1 Å². The molecule has 0 spiro atoms. The Morgan fingerprint density at radius 3 is 2.83 bits per heavy atom. The minimum absolute atomic E-state index is 0.365. The van der Waals surface area contributed by atoms with E-state index in [1.54, 1.807) is 0 Å². The van der Waals surface area contributed by atoms with Crippen molar-refractivity contribution in [2.75, 3.05) is 13.1 Å². The molecule has 66 valence electrons. The number of rotatable bonds is 2. The summed E-state index contributed by atoms with van der Waals surface area (Å²) in [6.07, 6.45) is 2.57. The summed E-state index contributed by atoms with van der Waals surface area (Å²) in [5, 5.41) is 6.56. The van der Waals surface area contributed by atoms with Crippen LogP contribution in [0.1, 0.15) is 18.7 Å². The van der Waals surface area contributed by atoms with Crippen LogP contribution in [0.25, 0.3) is 0 Å². The summed E-state index contributed by atoms with van der Waals surface area (Å²) in [6.45, 7) is 3.08. The molecule has 5 heteroatoms. The van der Waals surface area contributed by atoms with Gasteiger partial charge in [-0.1, -0.05) is 0 Å². The predicted octanol–water partition coefficient (Wildman–Crippen LogP) is 1.33. The second-order valence-electron chi connectivity index (χ2n) is 2.99. The van der Waals surface area contributed by atoms with Gasteiger partial charge in [-0.3, -0.25) is 4.90 Å². The highest BCUT2D eigenvalue weighted by molar-refractivity contribution is 7.71. The van der Waals surface area contributed by atoms with Gasteiger partial charge in [0.05, 0.1) is 6.54 Å². The van der Waals surface area contributed by atoms with Crippen molar-refractivity contribution < 1.29 is 4.42 Å². The van der Waals surface area contributed by atoms with E-state index in [0.717, 1.165) is 19.6 Å². The van der Waals surface area contributed by atoms with Crippen molar-refractivity contribution >= 4 is 12.2 Å². The maximum Gasteiger partial charge on any atom is 0.284 e. The molecule has 1 aromatic heterocycles. The molecular formula is C7H11N3OS. The molecule has 0 aliphatic carbocycles. The highest BCUT2D eigenvalue weighted by Gasteiger charge is 2.13. The lowest BCUT2D eigenvalue weighted by Crippen LogP contribution is -2.18. The van der Waals surface area contributed by atoms with E-state index in [1.165, 1.54) is 12.8 Å². The molecule has 1 fully saturated rings. The Hall–Kier alpha value is -0.680. The fourth-order valence-electron chi connectivity index (χ4n) is 1.46. The van der Waals surface area contributed by atoms with Gasteiger partial charge in [-0.05, 0) is 38.1 Å². The smallest absolute Gasteiger partial charge is 0.284 e. The first-order valence-corrected chi connectivity index (χ1v) is 4.52. The van der Waals surface area contributed by atoms with Crippen molar-refractivity contribution in [3.05, 3.63) is 10.7 Å². The van der Waals surface area contributed by atoms with Crippen LogP contribution in [-0.2, 0) is 6.54 Å². The third-order valence-electron chi connectivity index (χ3n) is 2.04. The van der Waals surface area contributed by atoms with Crippen LogP contribution in [0.15, 0.2) is 4.42 Å². The van der Waals surface area contributed by atoms with Crippen molar-refractivity contribution in [3.8, 4) is 0 Å². The Labute approximate surface area is 75.6 Å². The fraction of sp³-hybridized carbons (Fsp3) is 0.714. The summed E-state index contributed by atoms with van der Waals surface area (Å²) in [4.78, 5) is 2.68. The van der Waals surface area contributed by atoms with Crippen LogP contribution in [-0.4, -0.2) is 28.2 Å². The Bertz CT molecular complexity index is 300. The zero-order valence-corrected chi connectivity index (χ0v) is 7.56. The second kappa shape index (κ2) is 3.37. The SMILES string of the molecule is S=c1[nH]nc(CN2CCCC2)o1. The van der Waals surface area contributed by atoms with E-state index in [0.29, 0.717) is 10.7 Å². The van der Waals surface area contributed by atoms with Gasteiger partial charge in [0.25, 0.3) is 4.84 Å². The Balaban J connectivity index is 1.98. The standard InChI is InChI=1S/C7H11N3OS/c12-7-9-8-6(11-7)5-10-3-1-2-4-10/h1-5H2,(H,9,12). The van der Waals surface area contributed by atoms with Gasteiger partial charge in [-0.2, -0.15) is 0 Å². The molecule has 0 atom stereocenters. The van der Waals surface area contributed by atoms with E-state index in [4.69, 9.17) is 16.6 Å². The van der Waals surface area contributed by atoms with Gasteiger partial charge in [-0.15, -0.1) is 5.10 Å². The number of nitrogens with one attached hydrogen (secondary N) is 1. The summed E-state index contributed by atoms with van der Waals surface area (Å²) in [7, 11) is 0. The maximum atomic E-state index is 5.15. The summed E-state index contributed by atoms with van der Waals surface area (Å²) < 4.78 is 5.15. The highest BCUT2D eigenvalue weighted by atomic mass is 32.1. The van der Waals surface area contributed by atoms with Gasteiger partial charge in [0.2, 0.25) is 5.89 Å². The van der Waals surface area contributed by atoms with Crippen molar-refractivity contribution in [1.29, 1.82) is 0 Å². The largest absolute Gasteiger partial charge is 0.413 e. The number of hydrogen-bond acceptors (Lipinski definition) is 4. The van der Waals surface area contributed by atoms with Crippen LogP contribution in [0.2, 0.25) is 0 Å². The predicted molar refractivity (Wildman–Crippen MR) is 46.2 cm³/mol. The summed E-state index contributed by atoms with van der Waals surface area (Å²) >= 11 is 4.77. The van der Waals surface area contributed by atoms with Crippen LogP contribution in [0, 0.1) is 4.84 Å². The first-order chi connectivity index (χ1) is 5.84. The molecule has 0 amide bonds. The van der Waals surface area contributed by atoms with Crippen molar-refractivity contribution in [1.82, 2.24) is 15.1 Å². The molecule has 0 unspecified atom stereocenters. The average Bonchev–Trinajstić information content (AvgIpc) is 2.63. The molecule has 1 aliphatic heterocycles. The van der Waals surface area contributed by atoms with Crippen molar-refractivity contribution in [2.45, 2.75) is 19.4 Å². The quantitative estimate of drug-likeness (QED) is 0.706. The minimum Gasteiger partial charge on any atom is -0.413 e. The van der Waals surface area contributed by atoms with Crippen molar-refractivity contribution in [2.24, 2.45) is 0 Å². The Morgan fingerprint density at radius 1 is 1.50 bits per heavy atom. The molecule has 12 heavy (non-hydrogen) atoms.